The highest BCUT2D eigenvalue weighted by Gasteiger charge is 2.16. The summed E-state index contributed by atoms with van der Waals surface area (Å²) in [7, 11) is 0. The van der Waals surface area contributed by atoms with Crippen LogP contribution in [0.25, 0.3) is 10.9 Å². The maximum absolute atomic E-state index is 14.0. The molecule has 0 amide bonds. The van der Waals surface area contributed by atoms with Crippen molar-refractivity contribution in [2.45, 2.75) is 6.92 Å². The third kappa shape index (κ3) is 2.52. The summed E-state index contributed by atoms with van der Waals surface area (Å²) in [6.45, 7) is 2.93. The summed E-state index contributed by atoms with van der Waals surface area (Å²) in [5.74, 6) is 1.50. The normalized spacial score (nSPS) is 13.1. The molecule has 5 nitrogen and oxygen atoms in total. The molecule has 0 bridgehead atoms. The number of halogens is 1. The molecule has 0 spiro atoms. The topological polar surface area (TPSA) is 56.3 Å². The van der Waals surface area contributed by atoms with Crippen molar-refractivity contribution >= 4 is 22.4 Å². The van der Waals surface area contributed by atoms with Crippen LogP contribution in [0, 0.1) is 12.7 Å². The van der Waals surface area contributed by atoms with Crippen molar-refractivity contribution in [1.82, 2.24) is 9.97 Å². The van der Waals surface area contributed by atoms with E-state index in [9.17, 15) is 4.39 Å². The molecule has 4 rings (SSSR count). The standard InChI is InChI=1S/C17H14FN3O2/c1-10-2-3-12(18)14(6-10)21-17-11-7-15-16(23-5-4-22-15)8-13(11)19-9-20-17/h2-3,6-9H,4-5H2,1H3,(H,19,20,21). The zero-order valence-electron chi connectivity index (χ0n) is 12.5. The largest absolute Gasteiger partial charge is 0.486 e. The predicted molar refractivity (Wildman–Crippen MR) is 84.9 cm³/mol. The SMILES string of the molecule is Cc1ccc(F)c(Nc2ncnc3cc4c(cc23)OCCO4)c1. The Bertz CT molecular complexity index is 898. The number of hydrogen-bond donors (Lipinski definition) is 1. The van der Waals surface area contributed by atoms with Crippen LogP contribution in [0.3, 0.4) is 0 Å². The maximum atomic E-state index is 14.0. The van der Waals surface area contributed by atoms with E-state index < -0.39 is 0 Å². The summed E-state index contributed by atoms with van der Waals surface area (Å²) >= 11 is 0. The molecule has 2 heterocycles. The minimum Gasteiger partial charge on any atom is -0.486 e. The van der Waals surface area contributed by atoms with Crippen molar-refractivity contribution in [3.63, 3.8) is 0 Å². The fourth-order valence-corrected chi connectivity index (χ4v) is 2.55. The van der Waals surface area contributed by atoms with Crippen LogP contribution in [-0.4, -0.2) is 23.2 Å². The third-order valence-electron chi connectivity index (χ3n) is 3.67. The zero-order valence-corrected chi connectivity index (χ0v) is 12.5. The van der Waals surface area contributed by atoms with E-state index >= 15 is 0 Å². The summed E-state index contributed by atoms with van der Waals surface area (Å²) in [6, 6.07) is 8.52. The van der Waals surface area contributed by atoms with Crippen LogP contribution >= 0.6 is 0 Å². The van der Waals surface area contributed by atoms with E-state index in [0.717, 1.165) is 10.9 Å². The molecule has 0 atom stereocenters. The number of aromatic nitrogens is 2. The highest BCUT2D eigenvalue weighted by Crippen LogP contribution is 2.36. The van der Waals surface area contributed by atoms with E-state index in [2.05, 4.69) is 15.3 Å². The zero-order chi connectivity index (χ0) is 15.8. The molecule has 3 aromatic rings. The molecule has 1 aliphatic rings. The number of nitrogens with zero attached hydrogens (tertiary/aromatic N) is 2. The second kappa shape index (κ2) is 5.39. The van der Waals surface area contributed by atoms with Crippen LogP contribution in [0.1, 0.15) is 5.56 Å². The van der Waals surface area contributed by atoms with Gasteiger partial charge in [0.1, 0.15) is 31.2 Å². The van der Waals surface area contributed by atoms with E-state index in [1.165, 1.54) is 12.4 Å². The van der Waals surface area contributed by atoms with E-state index in [1.54, 1.807) is 12.1 Å². The van der Waals surface area contributed by atoms with Crippen LogP contribution < -0.4 is 14.8 Å². The van der Waals surface area contributed by atoms with Gasteiger partial charge in [-0.25, -0.2) is 14.4 Å². The summed E-state index contributed by atoms with van der Waals surface area (Å²) in [5.41, 5.74) is 2.04. The lowest BCUT2D eigenvalue weighted by atomic mass is 10.2. The molecule has 1 aliphatic heterocycles. The first-order valence-electron chi connectivity index (χ1n) is 7.28. The molecule has 0 radical (unpaired) electrons. The molecule has 23 heavy (non-hydrogen) atoms. The molecule has 116 valence electrons. The van der Waals surface area contributed by atoms with Crippen LogP contribution in [0.15, 0.2) is 36.7 Å². The number of ether oxygens (including phenoxy) is 2. The van der Waals surface area contributed by atoms with Gasteiger partial charge in [-0.3, -0.25) is 0 Å². The van der Waals surface area contributed by atoms with Crippen molar-refractivity contribution in [3.8, 4) is 11.5 Å². The Morgan fingerprint density at radius 1 is 1.04 bits per heavy atom. The van der Waals surface area contributed by atoms with Crippen LogP contribution in [-0.2, 0) is 0 Å². The van der Waals surface area contributed by atoms with Crippen LogP contribution in [0.2, 0.25) is 0 Å². The van der Waals surface area contributed by atoms with Gasteiger partial charge in [0.05, 0.1) is 11.2 Å². The van der Waals surface area contributed by atoms with Gasteiger partial charge in [0.2, 0.25) is 0 Å². The van der Waals surface area contributed by atoms with Gasteiger partial charge < -0.3 is 14.8 Å². The summed E-state index contributed by atoms with van der Waals surface area (Å²) < 4.78 is 25.1. The lowest BCUT2D eigenvalue weighted by molar-refractivity contribution is 0.172. The minimum absolute atomic E-state index is 0.333. The molecular weight excluding hydrogens is 297 g/mol. The Balaban J connectivity index is 1.82. The quantitative estimate of drug-likeness (QED) is 0.784. The highest BCUT2D eigenvalue weighted by atomic mass is 19.1. The van der Waals surface area contributed by atoms with Gasteiger partial charge in [0.15, 0.2) is 11.5 Å². The number of aryl methyl sites for hydroxylation is 1. The van der Waals surface area contributed by atoms with E-state index in [1.807, 2.05) is 19.1 Å². The average molecular weight is 311 g/mol. The average Bonchev–Trinajstić information content (AvgIpc) is 2.57. The molecule has 0 aliphatic carbocycles. The van der Waals surface area contributed by atoms with Gasteiger partial charge in [-0.1, -0.05) is 6.07 Å². The first-order valence-corrected chi connectivity index (χ1v) is 7.28. The number of benzene rings is 2. The van der Waals surface area contributed by atoms with Gasteiger partial charge in [0, 0.05) is 11.5 Å². The Morgan fingerprint density at radius 3 is 2.65 bits per heavy atom. The number of anilines is 2. The first kappa shape index (κ1) is 13.8. The number of fused-ring (bicyclic) bond motifs is 2. The predicted octanol–water partition coefficient (Wildman–Crippen LogP) is 3.59. The Hall–Kier alpha value is -2.89. The highest BCUT2D eigenvalue weighted by molar-refractivity contribution is 5.93. The number of nitrogens with one attached hydrogen (secondary N) is 1. The molecule has 0 saturated heterocycles. The smallest absolute Gasteiger partial charge is 0.163 e. The van der Waals surface area contributed by atoms with Crippen molar-refractivity contribution in [1.29, 1.82) is 0 Å². The minimum atomic E-state index is -0.333. The Labute approximate surface area is 132 Å². The van der Waals surface area contributed by atoms with Gasteiger partial charge in [-0.15, -0.1) is 0 Å². The van der Waals surface area contributed by atoms with Crippen LogP contribution in [0.4, 0.5) is 15.9 Å². The summed E-state index contributed by atoms with van der Waals surface area (Å²) in [6.07, 6.45) is 1.44. The van der Waals surface area contributed by atoms with E-state index in [4.69, 9.17) is 9.47 Å². The van der Waals surface area contributed by atoms with Crippen molar-refractivity contribution in [2.24, 2.45) is 0 Å². The Morgan fingerprint density at radius 2 is 1.83 bits per heavy atom. The number of rotatable bonds is 2. The lowest BCUT2D eigenvalue weighted by Gasteiger charge is -2.19. The second-order valence-electron chi connectivity index (χ2n) is 5.34. The Kier molecular flexibility index (Phi) is 3.22. The molecule has 0 fully saturated rings. The molecular formula is C17H14FN3O2. The van der Waals surface area contributed by atoms with E-state index in [-0.39, 0.29) is 5.82 Å². The lowest BCUT2D eigenvalue weighted by Crippen LogP contribution is -2.15. The summed E-state index contributed by atoms with van der Waals surface area (Å²) in [5, 5.41) is 3.79. The fourth-order valence-electron chi connectivity index (χ4n) is 2.55. The number of hydrogen-bond acceptors (Lipinski definition) is 5. The van der Waals surface area contributed by atoms with E-state index in [0.29, 0.717) is 41.7 Å². The molecule has 2 aromatic carbocycles. The molecule has 0 unspecified atom stereocenters. The molecule has 1 N–H and O–H groups in total. The monoisotopic (exact) mass is 311 g/mol. The fraction of sp³-hybridized carbons (Fsp3) is 0.176. The first-order chi connectivity index (χ1) is 11.2. The third-order valence-corrected chi connectivity index (χ3v) is 3.67. The van der Waals surface area contributed by atoms with Gasteiger partial charge in [-0.2, -0.15) is 0 Å². The van der Waals surface area contributed by atoms with Gasteiger partial charge >= 0.3 is 0 Å². The molecule has 0 saturated carbocycles. The summed E-state index contributed by atoms with van der Waals surface area (Å²) in [4.78, 5) is 8.49. The second-order valence-corrected chi connectivity index (χ2v) is 5.34. The van der Waals surface area contributed by atoms with Crippen molar-refractivity contribution in [3.05, 3.63) is 48.0 Å². The van der Waals surface area contributed by atoms with Crippen molar-refractivity contribution in [2.75, 3.05) is 18.5 Å². The van der Waals surface area contributed by atoms with Gasteiger partial charge in [-0.05, 0) is 30.7 Å². The van der Waals surface area contributed by atoms with Crippen LogP contribution in [0.5, 0.6) is 11.5 Å². The molecule has 6 heteroatoms. The molecule has 1 aromatic heterocycles. The van der Waals surface area contributed by atoms with Crippen molar-refractivity contribution < 1.29 is 13.9 Å². The van der Waals surface area contributed by atoms with Gasteiger partial charge in [0.25, 0.3) is 0 Å². The maximum Gasteiger partial charge on any atom is 0.163 e.